The summed E-state index contributed by atoms with van der Waals surface area (Å²) >= 11 is 0. The topological polar surface area (TPSA) is 89.3 Å². The van der Waals surface area contributed by atoms with Crippen molar-refractivity contribution in [1.82, 2.24) is 0 Å². The Balaban J connectivity index is 0. The van der Waals surface area contributed by atoms with Gasteiger partial charge in [0.05, 0.1) is 0 Å². The van der Waals surface area contributed by atoms with Gasteiger partial charge in [-0.05, 0) is 38.5 Å². The summed E-state index contributed by atoms with van der Waals surface area (Å²) in [6.07, 6.45) is 26.2. The lowest BCUT2D eigenvalue weighted by atomic mass is 10.1. The van der Waals surface area contributed by atoms with Crippen molar-refractivity contribution in [3.63, 3.8) is 0 Å². The largest absolute Gasteiger partial charge is 0.479 e. The van der Waals surface area contributed by atoms with Gasteiger partial charge in [-0.3, -0.25) is 0 Å². The molecule has 0 fully saturated rings. The Morgan fingerprint density at radius 1 is 0.808 bits per heavy atom. The zero-order valence-electron chi connectivity index (χ0n) is 17.1. The molecule has 0 aliphatic rings. The first-order valence-corrected chi connectivity index (χ1v) is 10.6. The Kier molecular flexibility index (Phi) is 24.9. The molecular formula is C22H44N2O2. The molecule has 0 rings (SSSR count). The summed E-state index contributed by atoms with van der Waals surface area (Å²) in [5.41, 5.74) is 9.23. The summed E-state index contributed by atoms with van der Waals surface area (Å²) in [6.45, 7) is 6.04. The van der Waals surface area contributed by atoms with E-state index in [1.807, 2.05) is 6.08 Å². The molecule has 4 nitrogen and oxygen atoms in total. The molecule has 0 saturated carbocycles. The lowest BCUT2D eigenvalue weighted by molar-refractivity contribution is -0.138. The first-order valence-electron chi connectivity index (χ1n) is 10.6. The monoisotopic (exact) mass is 368 g/mol. The second-order valence-corrected chi connectivity index (χ2v) is 6.88. The molecule has 0 saturated heterocycles. The second-order valence-electron chi connectivity index (χ2n) is 6.88. The van der Waals surface area contributed by atoms with E-state index in [4.69, 9.17) is 5.11 Å². The van der Waals surface area contributed by atoms with Crippen molar-refractivity contribution in [3.05, 3.63) is 24.8 Å². The number of hydrogen-bond acceptors (Lipinski definition) is 3. The summed E-state index contributed by atoms with van der Waals surface area (Å²) in [6, 6.07) is 0. The molecule has 0 amide bonds. The Morgan fingerprint density at radius 3 is 1.50 bits per heavy atom. The Hall–Kier alpha value is -1.13. The van der Waals surface area contributed by atoms with Crippen LogP contribution in [0.3, 0.4) is 0 Å². The summed E-state index contributed by atoms with van der Waals surface area (Å²) < 4.78 is 0. The van der Waals surface area contributed by atoms with Gasteiger partial charge in [0, 0.05) is 0 Å². The number of allylic oxidation sites excluding steroid dienone is 3. The van der Waals surface area contributed by atoms with Gasteiger partial charge in [-0.15, -0.1) is 6.58 Å². The molecule has 4 heteroatoms. The van der Waals surface area contributed by atoms with Gasteiger partial charge in [-0.2, -0.15) is 0 Å². The zero-order chi connectivity index (χ0) is 19.9. The zero-order valence-corrected chi connectivity index (χ0v) is 17.1. The summed E-state index contributed by atoms with van der Waals surface area (Å²) in [5, 5.41) is 7.74. The number of nitrogens with two attached hydrogens (primary N) is 2. The van der Waals surface area contributed by atoms with Crippen LogP contribution in [0.15, 0.2) is 24.8 Å². The average Bonchev–Trinajstić information content (AvgIpc) is 2.62. The fourth-order valence-electron chi connectivity index (χ4n) is 2.54. The quantitative estimate of drug-likeness (QED) is 0.169. The molecule has 0 aromatic heterocycles. The van der Waals surface area contributed by atoms with Crippen molar-refractivity contribution in [2.24, 2.45) is 11.5 Å². The van der Waals surface area contributed by atoms with Crippen LogP contribution in [0.25, 0.3) is 0 Å². The second kappa shape index (κ2) is 23.9. The molecule has 0 aromatic carbocycles. The van der Waals surface area contributed by atoms with E-state index in [1.54, 1.807) is 0 Å². The number of carbonyl (C=O) groups is 1. The van der Waals surface area contributed by atoms with Gasteiger partial charge in [-0.1, -0.05) is 82.9 Å². The normalized spacial score (nSPS) is 10.8. The molecule has 0 aliphatic carbocycles. The highest BCUT2D eigenvalue weighted by Gasteiger charge is 2.00. The molecule has 0 heterocycles. The SMILES string of the molecule is C=CCCCCCCCC/C=C\CCCCCCCC.NC(N)C(=O)O. The minimum absolute atomic E-state index is 1.19. The van der Waals surface area contributed by atoms with Crippen molar-refractivity contribution in [3.8, 4) is 0 Å². The van der Waals surface area contributed by atoms with E-state index < -0.39 is 12.1 Å². The Labute approximate surface area is 162 Å². The number of rotatable bonds is 17. The Morgan fingerprint density at radius 2 is 1.15 bits per heavy atom. The van der Waals surface area contributed by atoms with Crippen molar-refractivity contribution in [2.75, 3.05) is 0 Å². The van der Waals surface area contributed by atoms with Crippen LogP contribution >= 0.6 is 0 Å². The highest BCUT2D eigenvalue weighted by Crippen LogP contribution is 2.10. The van der Waals surface area contributed by atoms with Gasteiger partial charge in [0.15, 0.2) is 6.17 Å². The maximum absolute atomic E-state index is 9.45. The smallest absolute Gasteiger partial charge is 0.335 e. The van der Waals surface area contributed by atoms with Gasteiger partial charge in [0.25, 0.3) is 0 Å². The van der Waals surface area contributed by atoms with Gasteiger partial charge in [0.1, 0.15) is 0 Å². The average molecular weight is 369 g/mol. The van der Waals surface area contributed by atoms with E-state index in [0.29, 0.717) is 0 Å². The third kappa shape index (κ3) is 27.7. The van der Waals surface area contributed by atoms with E-state index in [2.05, 4.69) is 37.1 Å². The van der Waals surface area contributed by atoms with Crippen LogP contribution in [0.4, 0.5) is 0 Å². The summed E-state index contributed by atoms with van der Waals surface area (Å²) in [7, 11) is 0. The van der Waals surface area contributed by atoms with Crippen LogP contribution < -0.4 is 11.5 Å². The third-order valence-corrected chi connectivity index (χ3v) is 4.21. The molecule has 0 spiro atoms. The molecular weight excluding hydrogens is 324 g/mol. The molecule has 5 N–H and O–H groups in total. The van der Waals surface area contributed by atoms with Crippen LogP contribution in [0.1, 0.15) is 103 Å². The van der Waals surface area contributed by atoms with E-state index >= 15 is 0 Å². The van der Waals surface area contributed by atoms with Crippen LogP contribution in [-0.2, 0) is 4.79 Å². The minimum Gasteiger partial charge on any atom is -0.479 e. The highest BCUT2D eigenvalue weighted by atomic mass is 16.4. The highest BCUT2D eigenvalue weighted by molar-refractivity contribution is 5.72. The van der Waals surface area contributed by atoms with E-state index in [-0.39, 0.29) is 0 Å². The number of unbranched alkanes of at least 4 members (excludes halogenated alkanes) is 13. The Bertz CT molecular complexity index is 328. The predicted molar refractivity (Wildman–Crippen MR) is 114 cm³/mol. The maximum Gasteiger partial charge on any atom is 0.335 e. The van der Waals surface area contributed by atoms with Gasteiger partial charge in [-0.25, -0.2) is 4.79 Å². The summed E-state index contributed by atoms with van der Waals surface area (Å²) in [5.74, 6) is -1.19. The molecule has 26 heavy (non-hydrogen) atoms. The lowest BCUT2D eigenvalue weighted by Crippen LogP contribution is -2.38. The van der Waals surface area contributed by atoms with Crippen LogP contribution in [-0.4, -0.2) is 17.2 Å². The predicted octanol–water partition coefficient (Wildman–Crippen LogP) is 5.91. The van der Waals surface area contributed by atoms with Crippen molar-refractivity contribution in [2.45, 2.75) is 109 Å². The van der Waals surface area contributed by atoms with Gasteiger partial charge in [0.2, 0.25) is 0 Å². The molecule has 0 unspecified atom stereocenters. The third-order valence-electron chi connectivity index (χ3n) is 4.21. The van der Waals surface area contributed by atoms with Crippen molar-refractivity contribution >= 4 is 5.97 Å². The number of hydrogen-bond donors (Lipinski definition) is 3. The fraction of sp³-hybridized carbons (Fsp3) is 0.773. The van der Waals surface area contributed by atoms with Gasteiger partial charge < -0.3 is 16.6 Å². The molecule has 0 aliphatic heterocycles. The van der Waals surface area contributed by atoms with Gasteiger partial charge >= 0.3 is 5.97 Å². The minimum atomic E-state index is -1.23. The lowest BCUT2D eigenvalue weighted by Gasteiger charge is -1.99. The van der Waals surface area contributed by atoms with Crippen LogP contribution in [0, 0.1) is 0 Å². The number of carboxylic acids is 1. The molecule has 154 valence electrons. The molecule has 0 bridgehead atoms. The molecule has 0 atom stereocenters. The fourth-order valence-corrected chi connectivity index (χ4v) is 2.54. The molecule has 0 aromatic rings. The number of aliphatic carboxylic acids is 1. The van der Waals surface area contributed by atoms with Crippen LogP contribution in [0.5, 0.6) is 0 Å². The van der Waals surface area contributed by atoms with E-state index in [1.165, 1.54) is 96.3 Å². The maximum atomic E-state index is 9.45. The van der Waals surface area contributed by atoms with Crippen molar-refractivity contribution in [1.29, 1.82) is 0 Å². The standard InChI is InChI=1S/C20H38.C2H6N2O2/c1-3-5-7-9-11-13-15-17-19-20-18-16-14-12-10-8-6-4-2;3-1(4)2(5)6/h3,18,20H,1,4-17,19H2,2H3;1H,3-4H2,(H,5,6)/b20-18-;. The number of carboxylic acid groups (broad SMARTS) is 1. The first-order chi connectivity index (χ1) is 12.6. The van der Waals surface area contributed by atoms with Crippen molar-refractivity contribution < 1.29 is 9.90 Å². The first kappa shape index (κ1) is 27.1. The molecule has 0 radical (unpaired) electrons. The van der Waals surface area contributed by atoms with Crippen LogP contribution in [0.2, 0.25) is 0 Å². The van der Waals surface area contributed by atoms with E-state index in [9.17, 15) is 4.79 Å². The van der Waals surface area contributed by atoms with E-state index in [0.717, 1.165) is 0 Å². The summed E-state index contributed by atoms with van der Waals surface area (Å²) in [4.78, 5) is 9.45.